The Labute approximate surface area is 142 Å². The first-order valence-electron chi connectivity index (χ1n) is 8.05. The van der Waals surface area contributed by atoms with Crippen molar-refractivity contribution in [1.82, 2.24) is 16.0 Å². The Morgan fingerprint density at radius 1 is 0.792 bits per heavy atom. The first-order chi connectivity index (χ1) is 11.6. The average Bonchev–Trinajstić information content (AvgIpc) is 2.60. The normalized spacial score (nSPS) is 10.0. The lowest BCUT2D eigenvalue weighted by Crippen LogP contribution is -2.40. The molecule has 3 N–H and O–H groups in total. The van der Waals surface area contributed by atoms with E-state index < -0.39 is 0 Å². The maximum absolute atomic E-state index is 11.9. The number of amides is 3. The van der Waals surface area contributed by atoms with Crippen molar-refractivity contribution in [1.29, 1.82) is 0 Å². The zero-order valence-corrected chi connectivity index (χ0v) is 13.8. The van der Waals surface area contributed by atoms with Crippen LogP contribution in [0.1, 0.15) is 21.5 Å². The number of aryl methyl sites for hydroxylation is 1. The van der Waals surface area contributed by atoms with Crippen molar-refractivity contribution in [2.75, 3.05) is 19.6 Å². The molecule has 0 aliphatic rings. The summed E-state index contributed by atoms with van der Waals surface area (Å²) >= 11 is 0. The number of hydrogen-bond donors (Lipinski definition) is 3. The van der Waals surface area contributed by atoms with Gasteiger partial charge in [0.2, 0.25) is 0 Å². The molecule has 5 nitrogen and oxygen atoms in total. The summed E-state index contributed by atoms with van der Waals surface area (Å²) in [6.45, 7) is 3.32. The molecule has 0 radical (unpaired) electrons. The maximum atomic E-state index is 11.9. The van der Waals surface area contributed by atoms with Crippen LogP contribution in [0, 0.1) is 6.92 Å². The van der Waals surface area contributed by atoms with Crippen LogP contribution >= 0.6 is 0 Å². The highest BCUT2D eigenvalue weighted by Crippen LogP contribution is 2.02. The van der Waals surface area contributed by atoms with Gasteiger partial charge in [0.15, 0.2) is 0 Å². The van der Waals surface area contributed by atoms with E-state index in [4.69, 9.17) is 0 Å². The maximum Gasteiger partial charge on any atom is 0.314 e. The SMILES string of the molecule is Cc1ccc(C(=O)NCCNC(=O)NCCc2ccccc2)cc1. The third-order valence-corrected chi connectivity index (χ3v) is 3.55. The summed E-state index contributed by atoms with van der Waals surface area (Å²) in [7, 11) is 0. The van der Waals surface area contributed by atoms with E-state index in [1.54, 1.807) is 12.1 Å². The zero-order chi connectivity index (χ0) is 17.2. The van der Waals surface area contributed by atoms with Gasteiger partial charge in [0, 0.05) is 25.2 Å². The second kappa shape index (κ2) is 9.35. The molecule has 0 spiro atoms. The highest BCUT2D eigenvalue weighted by Gasteiger charge is 2.04. The number of rotatable bonds is 7. The van der Waals surface area contributed by atoms with Crippen LogP contribution in [0.5, 0.6) is 0 Å². The Morgan fingerprint density at radius 2 is 1.42 bits per heavy atom. The van der Waals surface area contributed by atoms with E-state index in [-0.39, 0.29) is 11.9 Å². The molecule has 3 amide bonds. The van der Waals surface area contributed by atoms with Gasteiger partial charge in [0.25, 0.3) is 5.91 Å². The Hall–Kier alpha value is -2.82. The van der Waals surface area contributed by atoms with Crippen LogP contribution in [0.3, 0.4) is 0 Å². The molecule has 0 aromatic heterocycles. The van der Waals surface area contributed by atoms with E-state index in [0.717, 1.165) is 12.0 Å². The lowest BCUT2D eigenvalue weighted by Gasteiger charge is -2.09. The van der Waals surface area contributed by atoms with E-state index in [9.17, 15) is 9.59 Å². The molecule has 0 heterocycles. The molecule has 0 saturated carbocycles. The Morgan fingerprint density at radius 3 is 2.12 bits per heavy atom. The number of nitrogens with one attached hydrogen (secondary N) is 3. The molecule has 0 atom stereocenters. The summed E-state index contributed by atoms with van der Waals surface area (Å²) in [5, 5.41) is 8.29. The summed E-state index contributed by atoms with van der Waals surface area (Å²) in [5.41, 5.74) is 2.91. The number of urea groups is 1. The van der Waals surface area contributed by atoms with Crippen molar-refractivity contribution in [2.24, 2.45) is 0 Å². The lowest BCUT2D eigenvalue weighted by atomic mass is 10.1. The molecule has 0 bridgehead atoms. The van der Waals surface area contributed by atoms with Gasteiger partial charge >= 0.3 is 6.03 Å². The molecule has 2 rings (SSSR count). The van der Waals surface area contributed by atoms with Gasteiger partial charge in [-0.05, 0) is 31.0 Å². The van der Waals surface area contributed by atoms with E-state index in [1.807, 2.05) is 49.4 Å². The van der Waals surface area contributed by atoms with Crippen molar-refractivity contribution >= 4 is 11.9 Å². The van der Waals surface area contributed by atoms with Crippen LogP contribution in [-0.2, 0) is 6.42 Å². The van der Waals surface area contributed by atoms with Crippen molar-refractivity contribution in [3.05, 3.63) is 71.3 Å². The number of hydrogen-bond acceptors (Lipinski definition) is 2. The fourth-order valence-corrected chi connectivity index (χ4v) is 2.19. The number of benzene rings is 2. The quantitative estimate of drug-likeness (QED) is 0.684. The van der Waals surface area contributed by atoms with Crippen LogP contribution in [0.4, 0.5) is 4.79 Å². The largest absolute Gasteiger partial charge is 0.350 e. The van der Waals surface area contributed by atoms with Gasteiger partial charge in [-0.25, -0.2) is 4.79 Å². The first-order valence-corrected chi connectivity index (χ1v) is 8.05. The molecular formula is C19H23N3O2. The molecule has 24 heavy (non-hydrogen) atoms. The predicted octanol–water partition coefficient (Wildman–Crippen LogP) is 2.27. The van der Waals surface area contributed by atoms with Gasteiger partial charge in [-0.15, -0.1) is 0 Å². The third kappa shape index (κ3) is 6.12. The minimum absolute atomic E-state index is 0.138. The summed E-state index contributed by atoms with van der Waals surface area (Å²) in [4.78, 5) is 23.5. The Balaban J connectivity index is 1.57. The van der Waals surface area contributed by atoms with Crippen molar-refractivity contribution in [3.63, 3.8) is 0 Å². The van der Waals surface area contributed by atoms with Crippen LogP contribution < -0.4 is 16.0 Å². The highest BCUT2D eigenvalue weighted by molar-refractivity contribution is 5.94. The summed E-state index contributed by atoms with van der Waals surface area (Å²) in [6, 6.07) is 17.1. The number of carbonyl (C=O) groups is 2. The van der Waals surface area contributed by atoms with E-state index >= 15 is 0 Å². The Kier molecular flexibility index (Phi) is 6.83. The fourth-order valence-electron chi connectivity index (χ4n) is 2.19. The summed E-state index contributed by atoms with van der Waals surface area (Å²) in [5.74, 6) is -0.138. The van der Waals surface area contributed by atoms with E-state index in [0.29, 0.717) is 25.2 Å². The highest BCUT2D eigenvalue weighted by atomic mass is 16.2. The zero-order valence-electron chi connectivity index (χ0n) is 13.8. The Bertz CT molecular complexity index is 654. The van der Waals surface area contributed by atoms with Gasteiger partial charge in [-0.3, -0.25) is 4.79 Å². The molecule has 0 fully saturated rings. The summed E-state index contributed by atoms with van der Waals surface area (Å²) in [6.07, 6.45) is 0.790. The van der Waals surface area contributed by atoms with E-state index in [1.165, 1.54) is 5.56 Å². The van der Waals surface area contributed by atoms with Gasteiger partial charge in [-0.2, -0.15) is 0 Å². The summed E-state index contributed by atoms with van der Waals surface area (Å²) < 4.78 is 0. The van der Waals surface area contributed by atoms with Gasteiger partial charge in [-0.1, -0.05) is 48.0 Å². The lowest BCUT2D eigenvalue weighted by molar-refractivity contribution is 0.0954. The topological polar surface area (TPSA) is 70.2 Å². The third-order valence-electron chi connectivity index (χ3n) is 3.55. The van der Waals surface area contributed by atoms with Gasteiger partial charge < -0.3 is 16.0 Å². The monoisotopic (exact) mass is 325 g/mol. The molecule has 5 heteroatoms. The molecule has 2 aromatic carbocycles. The van der Waals surface area contributed by atoms with E-state index in [2.05, 4.69) is 16.0 Å². The van der Waals surface area contributed by atoms with Crippen molar-refractivity contribution < 1.29 is 9.59 Å². The molecule has 0 aliphatic carbocycles. The standard InChI is InChI=1S/C19H23N3O2/c1-15-7-9-17(10-8-15)18(23)20-13-14-22-19(24)21-12-11-16-5-3-2-4-6-16/h2-10H,11-14H2,1H3,(H,20,23)(H2,21,22,24). The molecular weight excluding hydrogens is 302 g/mol. The minimum Gasteiger partial charge on any atom is -0.350 e. The molecule has 2 aromatic rings. The van der Waals surface area contributed by atoms with Crippen molar-refractivity contribution in [2.45, 2.75) is 13.3 Å². The number of carbonyl (C=O) groups excluding carboxylic acids is 2. The van der Waals surface area contributed by atoms with Crippen molar-refractivity contribution in [3.8, 4) is 0 Å². The average molecular weight is 325 g/mol. The second-order valence-corrected chi connectivity index (χ2v) is 5.54. The van der Waals surface area contributed by atoms with Crippen LogP contribution in [0.25, 0.3) is 0 Å². The minimum atomic E-state index is -0.226. The van der Waals surface area contributed by atoms with Gasteiger partial charge in [0.1, 0.15) is 0 Å². The molecule has 126 valence electrons. The fraction of sp³-hybridized carbons (Fsp3) is 0.263. The molecule has 0 unspecified atom stereocenters. The van der Waals surface area contributed by atoms with Gasteiger partial charge in [0.05, 0.1) is 0 Å². The van der Waals surface area contributed by atoms with Crippen LogP contribution in [0.15, 0.2) is 54.6 Å². The second-order valence-electron chi connectivity index (χ2n) is 5.54. The van der Waals surface area contributed by atoms with Crippen LogP contribution in [0.2, 0.25) is 0 Å². The molecule has 0 saturated heterocycles. The predicted molar refractivity (Wildman–Crippen MR) is 95.1 cm³/mol. The smallest absolute Gasteiger partial charge is 0.314 e. The molecule has 0 aliphatic heterocycles. The first kappa shape index (κ1) is 17.5. The van der Waals surface area contributed by atoms with Crippen LogP contribution in [-0.4, -0.2) is 31.6 Å².